The number of carbonyl (C=O) groups is 1. The van der Waals surface area contributed by atoms with Gasteiger partial charge in [0.1, 0.15) is 10.8 Å². The van der Waals surface area contributed by atoms with Crippen LogP contribution < -0.4 is 5.73 Å². The normalized spacial score (nSPS) is 11.2. The zero-order valence-electron chi connectivity index (χ0n) is 19.3. The van der Waals surface area contributed by atoms with Crippen LogP contribution in [0.25, 0.3) is 31.9 Å². The molecule has 0 bridgehead atoms. The number of rotatable bonds is 11. The van der Waals surface area contributed by atoms with Gasteiger partial charge in [0.05, 0.1) is 35.2 Å². The smallest absolute Gasteiger partial charge is 0.224 e. The highest BCUT2D eigenvalue weighted by molar-refractivity contribution is 7.21. The number of thiazole rings is 1. The molecule has 178 valence electrons. The van der Waals surface area contributed by atoms with E-state index in [0.717, 1.165) is 31.9 Å². The first-order valence-corrected chi connectivity index (χ1v) is 11.8. The van der Waals surface area contributed by atoms with Gasteiger partial charge in [-0.15, -0.1) is 11.3 Å². The third-order valence-electron chi connectivity index (χ3n) is 5.45. The van der Waals surface area contributed by atoms with Crippen LogP contribution in [0.3, 0.4) is 0 Å². The van der Waals surface area contributed by atoms with E-state index < -0.39 is 0 Å². The second kappa shape index (κ2) is 11.2. The Morgan fingerprint density at radius 2 is 1.88 bits per heavy atom. The second-order valence-electron chi connectivity index (χ2n) is 7.75. The molecule has 1 amide bonds. The maximum Gasteiger partial charge on any atom is 0.224 e. The molecule has 1 aromatic carbocycles. The molecule has 10 heteroatoms. The van der Waals surface area contributed by atoms with Gasteiger partial charge in [-0.2, -0.15) is 5.10 Å². The van der Waals surface area contributed by atoms with E-state index in [4.69, 9.17) is 20.2 Å². The van der Waals surface area contributed by atoms with Crippen molar-refractivity contribution in [3.8, 4) is 21.7 Å². The molecule has 34 heavy (non-hydrogen) atoms. The predicted molar refractivity (Wildman–Crippen MR) is 133 cm³/mol. The van der Waals surface area contributed by atoms with Crippen molar-refractivity contribution in [1.82, 2.24) is 24.6 Å². The number of carbonyl (C=O) groups excluding carboxylic acids is 1. The number of benzene rings is 1. The molecular weight excluding hydrogens is 452 g/mol. The van der Waals surface area contributed by atoms with Gasteiger partial charge < -0.3 is 20.1 Å². The largest absolute Gasteiger partial charge is 0.383 e. The number of pyridine rings is 1. The Labute approximate surface area is 202 Å². The monoisotopic (exact) mass is 480 g/mol. The lowest BCUT2D eigenvalue weighted by atomic mass is 10.1. The Bertz CT molecular complexity index is 1210. The van der Waals surface area contributed by atoms with E-state index in [1.165, 1.54) is 0 Å². The van der Waals surface area contributed by atoms with Crippen molar-refractivity contribution in [3.63, 3.8) is 0 Å². The first-order chi connectivity index (χ1) is 16.6. The summed E-state index contributed by atoms with van der Waals surface area (Å²) in [4.78, 5) is 23.5. The Kier molecular flexibility index (Phi) is 7.84. The van der Waals surface area contributed by atoms with Gasteiger partial charge in [-0.1, -0.05) is 12.1 Å². The molecule has 0 saturated carbocycles. The lowest BCUT2D eigenvalue weighted by Crippen LogP contribution is -2.36. The minimum Gasteiger partial charge on any atom is -0.383 e. The number of nitrogens with two attached hydrogens (primary N) is 1. The highest BCUT2D eigenvalue weighted by atomic mass is 32.1. The van der Waals surface area contributed by atoms with E-state index >= 15 is 0 Å². The van der Waals surface area contributed by atoms with Crippen molar-refractivity contribution in [2.75, 3.05) is 46.3 Å². The average Bonchev–Trinajstić information content (AvgIpc) is 3.50. The van der Waals surface area contributed by atoms with Crippen molar-refractivity contribution in [1.29, 1.82) is 0 Å². The van der Waals surface area contributed by atoms with Gasteiger partial charge in [0, 0.05) is 63.8 Å². The number of nitrogen functional groups attached to an aromatic ring is 1. The summed E-state index contributed by atoms with van der Waals surface area (Å²) in [5.41, 5.74) is 9.71. The molecular formula is C24H28N6O3S. The molecule has 0 aliphatic carbocycles. The fourth-order valence-corrected chi connectivity index (χ4v) is 4.55. The summed E-state index contributed by atoms with van der Waals surface area (Å²) < 4.78 is 13.1. The number of para-hydroxylation sites is 1. The zero-order chi connectivity index (χ0) is 23.9. The number of aromatic nitrogens is 4. The minimum absolute atomic E-state index is 0.0402. The summed E-state index contributed by atoms with van der Waals surface area (Å²) in [7, 11) is 3.25. The van der Waals surface area contributed by atoms with Crippen LogP contribution in [-0.4, -0.2) is 71.1 Å². The zero-order valence-corrected chi connectivity index (χ0v) is 20.1. The van der Waals surface area contributed by atoms with Crippen LogP contribution in [0, 0.1) is 0 Å². The Balaban J connectivity index is 1.46. The van der Waals surface area contributed by atoms with Gasteiger partial charge >= 0.3 is 0 Å². The molecule has 9 nitrogen and oxygen atoms in total. The van der Waals surface area contributed by atoms with Gasteiger partial charge in [-0.25, -0.2) is 9.97 Å². The van der Waals surface area contributed by atoms with Crippen LogP contribution in [0.5, 0.6) is 0 Å². The predicted octanol–water partition coefficient (Wildman–Crippen LogP) is 3.32. The number of aryl methyl sites for hydroxylation is 1. The van der Waals surface area contributed by atoms with Gasteiger partial charge in [-0.05, 0) is 18.2 Å². The topological polar surface area (TPSA) is 108 Å². The molecule has 0 spiro atoms. The van der Waals surface area contributed by atoms with Crippen molar-refractivity contribution in [2.45, 2.75) is 13.0 Å². The molecule has 0 atom stereocenters. The van der Waals surface area contributed by atoms with Crippen molar-refractivity contribution < 1.29 is 14.3 Å². The molecule has 0 radical (unpaired) electrons. The summed E-state index contributed by atoms with van der Waals surface area (Å²) in [6.45, 7) is 2.52. The summed E-state index contributed by atoms with van der Waals surface area (Å²) in [6, 6.07) is 9.98. The maximum absolute atomic E-state index is 12.7. The number of anilines is 1. The molecule has 4 aromatic rings. The number of methoxy groups -OCH3 is 2. The van der Waals surface area contributed by atoms with Crippen LogP contribution in [0.15, 0.2) is 48.9 Å². The van der Waals surface area contributed by atoms with Crippen LogP contribution in [0.1, 0.15) is 6.42 Å². The summed E-state index contributed by atoms with van der Waals surface area (Å²) in [5.74, 6) is 0.478. The fraction of sp³-hybridized carbons (Fsp3) is 0.333. The maximum atomic E-state index is 12.7. The molecule has 3 heterocycles. The lowest BCUT2D eigenvalue weighted by molar-refractivity contribution is -0.132. The molecule has 3 aromatic heterocycles. The number of ether oxygens (including phenoxy) is 2. The highest BCUT2D eigenvalue weighted by Gasteiger charge is 2.15. The molecule has 0 aliphatic rings. The van der Waals surface area contributed by atoms with Crippen LogP contribution in [0.2, 0.25) is 0 Å². The van der Waals surface area contributed by atoms with Crippen LogP contribution >= 0.6 is 11.3 Å². The van der Waals surface area contributed by atoms with E-state index in [2.05, 4.69) is 10.1 Å². The van der Waals surface area contributed by atoms with Crippen molar-refractivity contribution in [2.24, 2.45) is 0 Å². The van der Waals surface area contributed by atoms with E-state index in [9.17, 15) is 4.79 Å². The van der Waals surface area contributed by atoms with E-state index in [-0.39, 0.29) is 5.91 Å². The number of fused-ring (bicyclic) bond motifs is 1. The van der Waals surface area contributed by atoms with E-state index in [1.807, 2.05) is 36.5 Å². The number of nitrogens with zero attached hydrogens (tertiary/aromatic N) is 5. The van der Waals surface area contributed by atoms with Crippen LogP contribution in [0.4, 0.5) is 5.82 Å². The second-order valence-corrected chi connectivity index (χ2v) is 8.78. The van der Waals surface area contributed by atoms with Crippen molar-refractivity contribution in [3.05, 3.63) is 48.9 Å². The fourth-order valence-electron chi connectivity index (χ4n) is 3.56. The summed E-state index contributed by atoms with van der Waals surface area (Å²) >= 11 is 1.59. The Morgan fingerprint density at radius 1 is 1.12 bits per heavy atom. The standard InChI is InChI=1S/C24H28N6O3S/c1-32-11-9-29(10-12-33-2)22(31)7-8-30-16-18(15-27-30)17-13-19(23(25)26-14-17)24-28-20-5-3-4-6-21(20)34-24/h3-6,13-16H,7-12H2,1-2H3,(H2,25,26). The van der Waals surface area contributed by atoms with Gasteiger partial charge in [0.2, 0.25) is 5.91 Å². The van der Waals surface area contributed by atoms with Crippen molar-refractivity contribution >= 4 is 33.3 Å². The van der Waals surface area contributed by atoms with Gasteiger partial charge in [0.25, 0.3) is 0 Å². The number of hydrogen-bond acceptors (Lipinski definition) is 8. The molecule has 2 N–H and O–H groups in total. The molecule has 0 aliphatic heterocycles. The van der Waals surface area contributed by atoms with E-state index in [0.29, 0.717) is 45.1 Å². The van der Waals surface area contributed by atoms with Gasteiger partial charge in [-0.3, -0.25) is 9.48 Å². The minimum atomic E-state index is 0.0402. The first-order valence-electron chi connectivity index (χ1n) is 11.0. The average molecular weight is 481 g/mol. The Hall–Kier alpha value is -3.34. The lowest BCUT2D eigenvalue weighted by Gasteiger charge is -2.22. The number of hydrogen-bond donors (Lipinski definition) is 1. The van der Waals surface area contributed by atoms with Gasteiger partial charge in [0.15, 0.2) is 0 Å². The quantitative estimate of drug-likeness (QED) is 0.351. The number of amides is 1. The molecule has 4 rings (SSSR count). The van der Waals surface area contributed by atoms with E-state index in [1.54, 1.807) is 47.5 Å². The summed E-state index contributed by atoms with van der Waals surface area (Å²) in [5, 5.41) is 5.26. The first kappa shape index (κ1) is 23.8. The third-order valence-corrected chi connectivity index (χ3v) is 6.52. The highest BCUT2D eigenvalue weighted by Crippen LogP contribution is 2.34. The molecule has 0 fully saturated rings. The third kappa shape index (κ3) is 5.58. The SMILES string of the molecule is COCCN(CCOC)C(=O)CCn1cc(-c2cnc(N)c(-c3nc4ccccc4s3)c2)cn1. The molecule has 0 unspecified atom stereocenters. The molecule has 0 saturated heterocycles. The van der Waals surface area contributed by atoms with Crippen LogP contribution in [-0.2, 0) is 20.8 Å². The summed E-state index contributed by atoms with van der Waals surface area (Å²) in [6.07, 6.45) is 5.76. The Morgan fingerprint density at radius 3 is 2.62 bits per heavy atom.